The molecule has 1 heterocycles. The number of fused-ring (bicyclic) bond motifs is 1. The number of carbonyl (C=O) groups is 1. The van der Waals surface area contributed by atoms with Gasteiger partial charge in [-0.2, -0.15) is 0 Å². The van der Waals surface area contributed by atoms with Crippen LogP contribution in [0.15, 0.2) is 12.1 Å². The molecule has 2 N–H and O–H groups in total. The average molecular weight is 432 g/mol. The first kappa shape index (κ1) is 22.9. The number of thiazole rings is 1. The summed E-state index contributed by atoms with van der Waals surface area (Å²) >= 11 is 1.65. The third-order valence-corrected chi connectivity index (χ3v) is 6.51. The number of ether oxygens (including phenoxy) is 1. The fourth-order valence-corrected chi connectivity index (χ4v) is 5.33. The Labute approximate surface area is 185 Å². The summed E-state index contributed by atoms with van der Waals surface area (Å²) < 4.78 is 7.18. The van der Waals surface area contributed by atoms with Crippen LogP contribution < -0.4 is 15.4 Å². The lowest BCUT2D eigenvalue weighted by Gasteiger charge is -2.23. The molecule has 1 saturated carbocycles. The van der Waals surface area contributed by atoms with Gasteiger partial charge in [-0.1, -0.05) is 58.3 Å². The van der Waals surface area contributed by atoms with Crippen molar-refractivity contribution in [1.29, 1.82) is 0 Å². The molecule has 0 saturated heterocycles. The molecule has 0 spiro atoms. The number of nitrogens with one attached hydrogen (secondary N) is 2. The van der Waals surface area contributed by atoms with E-state index < -0.39 is 0 Å². The van der Waals surface area contributed by atoms with Crippen LogP contribution in [0.5, 0.6) is 5.75 Å². The van der Waals surface area contributed by atoms with E-state index >= 15 is 0 Å². The van der Waals surface area contributed by atoms with Crippen LogP contribution in [0, 0.1) is 11.3 Å². The molecule has 1 aliphatic carbocycles. The Morgan fingerprint density at radius 3 is 2.67 bits per heavy atom. The lowest BCUT2D eigenvalue weighted by Crippen LogP contribution is -2.21. The van der Waals surface area contributed by atoms with Crippen LogP contribution >= 0.6 is 11.3 Å². The van der Waals surface area contributed by atoms with Crippen molar-refractivity contribution in [2.24, 2.45) is 11.3 Å². The van der Waals surface area contributed by atoms with Crippen LogP contribution in [-0.4, -0.2) is 23.5 Å². The Hall–Kier alpha value is -1.82. The average Bonchev–Trinajstić information content (AvgIpc) is 3.01. The molecule has 1 aromatic heterocycles. The molecule has 1 atom stereocenters. The van der Waals surface area contributed by atoms with E-state index in [1.54, 1.807) is 11.3 Å². The molecule has 1 fully saturated rings. The van der Waals surface area contributed by atoms with E-state index in [9.17, 15) is 4.79 Å². The van der Waals surface area contributed by atoms with E-state index in [-0.39, 0.29) is 5.91 Å². The largest absolute Gasteiger partial charge is 0.491 e. The van der Waals surface area contributed by atoms with Crippen molar-refractivity contribution in [3.05, 3.63) is 12.1 Å². The lowest BCUT2D eigenvalue weighted by molar-refractivity contribution is -0.114. The molecule has 6 heteroatoms. The van der Waals surface area contributed by atoms with Crippen molar-refractivity contribution in [1.82, 2.24) is 4.98 Å². The minimum absolute atomic E-state index is 0.0922. The maximum Gasteiger partial charge on any atom is 0.221 e. The standard InChI is InChI=1S/C24H37N3O2S/c1-16(15-24(3,4)5)11-12-29-21-13-20-22(14-19(21)25-17(2)28)30-23(27-20)26-18-9-7-6-8-10-18/h13-14,16,18H,6-12,15H2,1-5H3,(H,25,28)(H,26,27). The highest BCUT2D eigenvalue weighted by Crippen LogP contribution is 2.36. The molecule has 0 bridgehead atoms. The summed E-state index contributed by atoms with van der Waals surface area (Å²) in [5, 5.41) is 7.50. The maximum absolute atomic E-state index is 11.7. The normalized spacial score (nSPS) is 16.4. The molecular formula is C24H37N3O2S. The van der Waals surface area contributed by atoms with Gasteiger partial charge in [0.05, 0.1) is 22.5 Å². The Kier molecular flexibility index (Phi) is 7.61. The van der Waals surface area contributed by atoms with Crippen molar-refractivity contribution in [2.45, 2.75) is 85.6 Å². The summed E-state index contributed by atoms with van der Waals surface area (Å²) in [5.41, 5.74) is 1.97. The van der Waals surface area contributed by atoms with Gasteiger partial charge in [-0.3, -0.25) is 4.79 Å². The van der Waals surface area contributed by atoms with Crippen LogP contribution in [0.3, 0.4) is 0 Å². The van der Waals surface area contributed by atoms with Gasteiger partial charge in [0.25, 0.3) is 0 Å². The van der Waals surface area contributed by atoms with Gasteiger partial charge in [-0.15, -0.1) is 0 Å². The summed E-state index contributed by atoms with van der Waals surface area (Å²) in [6.07, 6.45) is 8.51. The molecule has 1 aromatic carbocycles. The smallest absolute Gasteiger partial charge is 0.221 e. The summed E-state index contributed by atoms with van der Waals surface area (Å²) in [4.78, 5) is 16.5. The van der Waals surface area contributed by atoms with Gasteiger partial charge in [-0.05, 0) is 43.1 Å². The van der Waals surface area contributed by atoms with Gasteiger partial charge < -0.3 is 15.4 Å². The predicted molar refractivity (Wildman–Crippen MR) is 128 cm³/mol. The molecule has 0 aliphatic heterocycles. The van der Waals surface area contributed by atoms with Crippen LogP contribution in [0.2, 0.25) is 0 Å². The Balaban J connectivity index is 1.71. The molecule has 1 unspecified atom stereocenters. The quantitative estimate of drug-likeness (QED) is 0.480. The van der Waals surface area contributed by atoms with Crippen molar-refractivity contribution in [3.8, 4) is 5.75 Å². The fraction of sp³-hybridized carbons (Fsp3) is 0.667. The zero-order chi connectivity index (χ0) is 21.7. The number of carbonyl (C=O) groups excluding carboxylic acids is 1. The van der Waals surface area contributed by atoms with E-state index in [2.05, 4.69) is 38.3 Å². The first-order valence-electron chi connectivity index (χ1n) is 11.3. The maximum atomic E-state index is 11.7. The molecule has 166 valence electrons. The number of amides is 1. The Morgan fingerprint density at radius 2 is 2.00 bits per heavy atom. The van der Waals surface area contributed by atoms with Gasteiger partial charge in [0.15, 0.2) is 5.13 Å². The van der Waals surface area contributed by atoms with Gasteiger partial charge in [0.1, 0.15) is 5.75 Å². The van der Waals surface area contributed by atoms with Gasteiger partial charge in [0.2, 0.25) is 5.91 Å². The first-order valence-corrected chi connectivity index (χ1v) is 12.1. The zero-order valence-electron chi connectivity index (χ0n) is 19.1. The van der Waals surface area contributed by atoms with Crippen molar-refractivity contribution in [3.63, 3.8) is 0 Å². The molecular weight excluding hydrogens is 394 g/mol. The summed E-state index contributed by atoms with van der Waals surface area (Å²) in [5.74, 6) is 1.20. The zero-order valence-corrected chi connectivity index (χ0v) is 20.0. The highest BCUT2D eigenvalue weighted by molar-refractivity contribution is 7.22. The van der Waals surface area contributed by atoms with E-state index in [0.717, 1.165) is 33.9 Å². The van der Waals surface area contributed by atoms with Crippen LogP contribution in [0.25, 0.3) is 10.2 Å². The second kappa shape index (κ2) is 9.99. The minimum Gasteiger partial charge on any atom is -0.491 e. The molecule has 30 heavy (non-hydrogen) atoms. The van der Waals surface area contributed by atoms with E-state index in [1.165, 1.54) is 39.0 Å². The minimum atomic E-state index is -0.0922. The third kappa shape index (κ3) is 6.86. The number of rotatable bonds is 8. The van der Waals surface area contributed by atoms with Crippen molar-refractivity contribution in [2.75, 3.05) is 17.2 Å². The van der Waals surface area contributed by atoms with Crippen LogP contribution in [0.4, 0.5) is 10.8 Å². The molecule has 2 aromatic rings. The monoisotopic (exact) mass is 431 g/mol. The van der Waals surface area contributed by atoms with Crippen LogP contribution in [-0.2, 0) is 4.79 Å². The second-order valence-corrected chi connectivity index (χ2v) is 11.0. The summed E-state index contributed by atoms with van der Waals surface area (Å²) in [6.45, 7) is 11.3. The summed E-state index contributed by atoms with van der Waals surface area (Å²) in [6, 6.07) is 4.49. The topological polar surface area (TPSA) is 63.2 Å². The van der Waals surface area contributed by atoms with Crippen molar-refractivity contribution >= 4 is 38.3 Å². The fourth-order valence-electron chi connectivity index (χ4n) is 4.36. The third-order valence-electron chi connectivity index (χ3n) is 5.56. The molecule has 1 amide bonds. The Morgan fingerprint density at radius 1 is 1.27 bits per heavy atom. The number of hydrogen-bond acceptors (Lipinski definition) is 5. The molecule has 3 rings (SSSR count). The van der Waals surface area contributed by atoms with Gasteiger partial charge >= 0.3 is 0 Å². The lowest BCUT2D eigenvalue weighted by atomic mass is 9.84. The SMILES string of the molecule is CC(=O)Nc1cc2sc(NC3CCCCC3)nc2cc1OCCC(C)CC(C)(C)C. The Bertz CT molecular complexity index is 850. The van der Waals surface area contributed by atoms with E-state index in [1.807, 2.05) is 12.1 Å². The number of benzene rings is 1. The van der Waals surface area contributed by atoms with Gasteiger partial charge in [0, 0.05) is 19.0 Å². The predicted octanol–water partition coefficient (Wildman–Crippen LogP) is 6.84. The van der Waals surface area contributed by atoms with Crippen molar-refractivity contribution < 1.29 is 9.53 Å². The molecule has 0 radical (unpaired) electrons. The number of nitrogens with zero attached hydrogens (tertiary/aromatic N) is 1. The van der Waals surface area contributed by atoms with E-state index in [0.29, 0.717) is 29.7 Å². The number of aromatic nitrogens is 1. The highest BCUT2D eigenvalue weighted by Gasteiger charge is 2.18. The second-order valence-electron chi connectivity index (χ2n) is 10.0. The first-order chi connectivity index (χ1) is 14.2. The number of hydrogen-bond donors (Lipinski definition) is 2. The number of anilines is 2. The van der Waals surface area contributed by atoms with Crippen LogP contribution in [0.1, 0.15) is 79.6 Å². The van der Waals surface area contributed by atoms with Gasteiger partial charge in [-0.25, -0.2) is 4.98 Å². The molecule has 5 nitrogen and oxygen atoms in total. The summed E-state index contributed by atoms with van der Waals surface area (Å²) in [7, 11) is 0. The highest BCUT2D eigenvalue weighted by atomic mass is 32.1. The van der Waals surface area contributed by atoms with E-state index in [4.69, 9.17) is 9.72 Å². The molecule has 1 aliphatic rings.